The second-order valence-corrected chi connectivity index (χ2v) is 6.15. The summed E-state index contributed by atoms with van der Waals surface area (Å²) >= 11 is 0. The van der Waals surface area contributed by atoms with E-state index in [1.165, 1.54) is 5.56 Å². The van der Waals surface area contributed by atoms with Crippen molar-refractivity contribution in [2.24, 2.45) is 0 Å². The van der Waals surface area contributed by atoms with Gasteiger partial charge in [-0.05, 0) is 32.8 Å². The predicted molar refractivity (Wildman–Crippen MR) is 81.9 cm³/mol. The first-order valence-electron chi connectivity index (χ1n) is 7.19. The van der Waals surface area contributed by atoms with Crippen LogP contribution in [0.25, 0.3) is 0 Å². The van der Waals surface area contributed by atoms with Crippen molar-refractivity contribution >= 4 is 5.97 Å². The van der Waals surface area contributed by atoms with Gasteiger partial charge in [-0.25, -0.2) is 4.98 Å². The molecule has 1 aromatic carbocycles. The van der Waals surface area contributed by atoms with Gasteiger partial charge < -0.3 is 9.72 Å². The number of hydrogen-bond acceptors (Lipinski definition) is 3. The molecule has 112 valence electrons. The molecule has 4 heteroatoms. The number of esters is 1. The van der Waals surface area contributed by atoms with E-state index in [4.69, 9.17) is 4.74 Å². The number of hydrogen-bond donors (Lipinski definition) is 1. The number of aromatic amines is 1. The number of rotatable bonds is 5. The summed E-state index contributed by atoms with van der Waals surface area (Å²) in [6.45, 7) is 5.64. The van der Waals surface area contributed by atoms with Gasteiger partial charge >= 0.3 is 5.97 Å². The molecule has 2 aromatic rings. The first kappa shape index (κ1) is 15.3. The Hall–Kier alpha value is -2.10. The lowest BCUT2D eigenvalue weighted by Crippen LogP contribution is -2.25. The predicted octanol–water partition coefficient (Wildman–Crippen LogP) is 3.47. The Morgan fingerprint density at radius 3 is 2.57 bits per heavy atom. The summed E-state index contributed by atoms with van der Waals surface area (Å²) in [6.07, 6.45) is 4.57. The number of nitrogens with one attached hydrogen (secondary N) is 1. The highest BCUT2D eigenvalue weighted by Crippen LogP contribution is 2.23. The Bertz CT molecular complexity index is 556. The molecule has 0 saturated heterocycles. The second-order valence-electron chi connectivity index (χ2n) is 6.15. The van der Waals surface area contributed by atoms with Crippen LogP contribution in [0.15, 0.2) is 42.7 Å². The molecule has 0 amide bonds. The van der Waals surface area contributed by atoms with Crippen LogP contribution in [-0.4, -0.2) is 21.5 Å². The number of imidazole rings is 1. The SMILES string of the molecule is CC(C)(C)OC(=O)C[C@@H](Cc1ccccc1)c1ncc[nH]1. The Labute approximate surface area is 125 Å². The van der Waals surface area contributed by atoms with Gasteiger partial charge in [-0.3, -0.25) is 4.79 Å². The van der Waals surface area contributed by atoms with Gasteiger partial charge in [0.1, 0.15) is 11.4 Å². The van der Waals surface area contributed by atoms with E-state index in [2.05, 4.69) is 22.1 Å². The van der Waals surface area contributed by atoms with Crippen molar-refractivity contribution in [1.29, 1.82) is 0 Å². The highest BCUT2D eigenvalue weighted by molar-refractivity contribution is 5.70. The van der Waals surface area contributed by atoms with Crippen molar-refractivity contribution in [1.82, 2.24) is 9.97 Å². The monoisotopic (exact) mass is 286 g/mol. The minimum Gasteiger partial charge on any atom is -0.460 e. The number of nitrogens with zero attached hydrogens (tertiary/aromatic N) is 1. The van der Waals surface area contributed by atoms with Crippen LogP contribution in [0.1, 0.15) is 44.5 Å². The Balaban J connectivity index is 2.08. The average molecular weight is 286 g/mol. The van der Waals surface area contributed by atoms with E-state index >= 15 is 0 Å². The van der Waals surface area contributed by atoms with E-state index in [9.17, 15) is 4.79 Å². The van der Waals surface area contributed by atoms with Gasteiger partial charge in [0.05, 0.1) is 6.42 Å². The van der Waals surface area contributed by atoms with Crippen LogP contribution in [0, 0.1) is 0 Å². The molecule has 0 saturated carbocycles. The molecule has 21 heavy (non-hydrogen) atoms. The molecule has 1 aromatic heterocycles. The molecule has 2 rings (SSSR count). The number of aromatic nitrogens is 2. The summed E-state index contributed by atoms with van der Waals surface area (Å²) in [6, 6.07) is 10.1. The van der Waals surface area contributed by atoms with Gasteiger partial charge in [0.25, 0.3) is 0 Å². The molecule has 0 bridgehead atoms. The third-order valence-corrected chi connectivity index (χ3v) is 3.06. The van der Waals surface area contributed by atoms with Crippen molar-refractivity contribution < 1.29 is 9.53 Å². The molecule has 4 nitrogen and oxygen atoms in total. The highest BCUT2D eigenvalue weighted by atomic mass is 16.6. The molecule has 0 aliphatic rings. The maximum atomic E-state index is 12.1. The van der Waals surface area contributed by atoms with Gasteiger partial charge in [0.2, 0.25) is 0 Å². The zero-order valence-electron chi connectivity index (χ0n) is 12.8. The summed E-state index contributed by atoms with van der Waals surface area (Å²) < 4.78 is 5.42. The third kappa shape index (κ3) is 5.06. The van der Waals surface area contributed by atoms with Crippen LogP contribution in [0.4, 0.5) is 0 Å². The van der Waals surface area contributed by atoms with Crippen LogP contribution in [0.2, 0.25) is 0 Å². The lowest BCUT2D eigenvalue weighted by atomic mass is 9.95. The molecule has 0 fully saturated rings. The molecular formula is C17H22N2O2. The Morgan fingerprint density at radius 1 is 1.29 bits per heavy atom. The van der Waals surface area contributed by atoms with Crippen molar-refractivity contribution in [3.05, 3.63) is 54.1 Å². The molecule has 0 radical (unpaired) electrons. The Kier molecular flexibility index (Phi) is 4.78. The average Bonchev–Trinajstić information content (AvgIpc) is 2.90. The van der Waals surface area contributed by atoms with Gasteiger partial charge in [0.15, 0.2) is 0 Å². The van der Waals surface area contributed by atoms with E-state index in [0.29, 0.717) is 6.42 Å². The molecule has 1 atom stereocenters. The quantitative estimate of drug-likeness (QED) is 0.856. The number of carbonyl (C=O) groups is 1. The van der Waals surface area contributed by atoms with Gasteiger partial charge in [-0.1, -0.05) is 30.3 Å². The fourth-order valence-corrected chi connectivity index (χ4v) is 2.25. The maximum Gasteiger partial charge on any atom is 0.307 e. The summed E-state index contributed by atoms with van der Waals surface area (Å²) in [5.74, 6) is 0.627. The van der Waals surface area contributed by atoms with E-state index < -0.39 is 5.60 Å². The van der Waals surface area contributed by atoms with E-state index in [-0.39, 0.29) is 11.9 Å². The van der Waals surface area contributed by atoms with E-state index in [1.807, 2.05) is 39.0 Å². The fourth-order valence-electron chi connectivity index (χ4n) is 2.25. The van der Waals surface area contributed by atoms with E-state index in [1.54, 1.807) is 12.4 Å². The highest BCUT2D eigenvalue weighted by Gasteiger charge is 2.23. The topological polar surface area (TPSA) is 55.0 Å². The van der Waals surface area contributed by atoms with Crippen LogP contribution in [0.5, 0.6) is 0 Å². The van der Waals surface area contributed by atoms with Crippen molar-refractivity contribution in [2.45, 2.75) is 45.1 Å². The lowest BCUT2D eigenvalue weighted by molar-refractivity contribution is -0.155. The number of benzene rings is 1. The maximum absolute atomic E-state index is 12.1. The molecule has 0 spiro atoms. The van der Waals surface area contributed by atoms with Crippen LogP contribution in [0.3, 0.4) is 0 Å². The van der Waals surface area contributed by atoms with Crippen LogP contribution >= 0.6 is 0 Å². The summed E-state index contributed by atoms with van der Waals surface area (Å²) in [5, 5.41) is 0. The van der Waals surface area contributed by atoms with Crippen molar-refractivity contribution in [3.63, 3.8) is 0 Å². The largest absolute Gasteiger partial charge is 0.460 e. The minimum absolute atomic E-state index is 0.00255. The number of H-pyrrole nitrogens is 1. The first-order chi connectivity index (χ1) is 9.94. The molecule has 0 unspecified atom stereocenters. The lowest BCUT2D eigenvalue weighted by Gasteiger charge is -2.21. The summed E-state index contributed by atoms with van der Waals surface area (Å²) in [4.78, 5) is 19.5. The molecule has 1 heterocycles. The van der Waals surface area contributed by atoms with Crippen LogP contribution < -0.4 is 0 Å². The molecular weight excluding hydrogens is 264 g/mol. The molecule has 1 N–H and O–H groups in total. The van der Waals surface area contributed by atoms with Crippen LogP contribution in [-0.2, 0) is 16.0 Å². The smallest absolute Gasteiger partial charge is 0.307 e. The summed E-state index contributed by atoms with van der Waals surface area (Å²) in [5.41, 5.74) is 0.722. The summed E-state index contributed by atoms with van der Waals surface area (Å²) in [7, 11) is 0. The Morgan fingerprint density at radius 2 is 2.00 bits per heavy atom. The molecule has 0 aliphatic carbocycles. The zero-order chi connectivity index (χ0) is 15.3. The first-order valence-corrected chi connectivity index (χ1v) is 7.19. The molecule has 0 aliphatic heterocycles. The zero-order valence-corrected chi connectivity index (χ0v) is 12.8. The number of carbonyl (C=O) groups excluding carboxylic acids is 1. The van der Waals surface area contributed by atoms with Gasteiger partial charge in [-0.15, -0.1) is 0 Å². The number of ether oxygens (including phenoxy) is 1. The standard InChI is InChI=1S/C17H22N2O2/c1-17(2,3)21-15(20)12-14(16-18-9-10-19-16)11-13-7-5-4-6-8-13/h4-10,14H,11-12H2,1-3H3,(H,18,19)/t14-/m1/s1. The minimum atomic E-state index is -0.461. The second kappa shape index (κ2) is 6.57. The van der Waals surface area contributed by atoms with Gasteiger partial charge in [0, 0.05) is 18.3 Å². The van der Waals surface area contributed by atoms with E-state index in [0.717, 1.165) is 12.2 Å². The van der Waals surface area contributed by atoms with Crippen molar-refractivity contribution in [2.75, 3.05) is 0 Å². The normalized spacial score (nSPS) is 12.9. The fraction of sp³-hybridized carbons (Fsp3) is 0.412. The third-order valence-electron chi connectivity index (χ3n) is 3.06. The van der Waals surface area contributed by atoms with Gasteiger partial charge in [-0.2, -0.15) is 0 Å². The van der Waals surface area contributed by atoms with Crippen molar-refractivity contribution in [3.8, 4) is 0 Å².